The van der Waals surface area contributed by atoms with Crippen molar-refractivity contribution in [1.29, 1.82) is 0 Å². The van der Waals surface area contributed by atoms with E-state index in [1.165, 1.54) is 6.07 Å². The largest absolute Gasteiger partial charge is 0.388 e. The van der Waals surface area contributed by atoms with Crippen LogP contribution in [0.15, 0.2) is 16.9 Å². The normalized spacial score (nSPS) is 23.0. The van der Waals surface area contributed by atoms with Gasteiger partial charge in [-0.15, -0.1) is 0 Å². The molecule has 1 aliphatic carbocycles. The van der Waals surface area contributed by atoms with E-state index in [0.29, 0.717) is 17.5 Å². The summed E-state index contributed by atoms with van der Waals surface area (Å²) in [6.07, 6.45) is 0.0787. The van der Waals surface area contributed by atoms with Crippen molar-refractivity contribution < 1.29 is 10.2 Å². The zero-order valence-corrected chi connectivity index (χ0v) is 11.3. The molecule has 0 aliphatic heterocycles. The van der Waals surface area contributed by atoms with Gasteiger partial charge in [-0.1, -0.05) is 13.0 Å². The first kappa shape index (κ1) is 13.2. The summed E-state index contributed by atoms with van der Waals surface area (Å²) in [7, 11) is 0. The molecule has 0 spiro atoms. The highest BCUT2D eigenvalue weighted by Crippen LogP contribution is 2.41. The molecular weight excluding hydrogens is 228 g/mol. The fourth-order valence-corrected chi connectivity index (χ4v) is 2.67. The van der Waals surface area contributed by atoms with Crippen LogP contribution in [-0.4, -0.2) is 10.2 Å². The topological polar surface area (TPSA) is 57.5 Å². The lowest BCUT2D eigenvalue weighted by molar-refractivity contribution is 0.0785. The van der Waals surface area contributed by atoms with Crippen molar-refractivity contribution in [3.63, 3.8) is 0 Å². The molecule has 2 atom stereocenters. The Morgan fingerprint density at radius 2 is 1.94 bits per heavy atom. The highest BCUT2D eigenvalue weighted by atomic mass is 16.3. The number of hydrogen-bond donors (Lipinski definition) is 2. The Labute approximate surface area is 107 Å². The first-order valence-corrected chi connectivity index (χ1v) is 6.31. The van der Waals surface area contributed by atoms with Gasteiger partial charge < -0.3 is 10.2 Å². The monoisotopic (exact) mass is 248 g/mol. The summed E-state index contributed by atoms with van der Waals surface area (Å²) in [5.74, 6) is 0.210. The van der Waals surface area contributed by atoms with E-state index in [1.807, 2.05) is 13.0 Å². The molecule has 0 heterocycles. The molecular formula is C15H20O3. The SMILES string of the molecule is Cc1c2c(cc(C(C)(C)O)cc1=O)[C@@H](C)C[C@@H]2O. The summed E-state index contributed by atoms with van der Waals surface area (Å²) < 4.78 is 0. The van der Waals surface area contributed by atoms with Crippen molar-refractivity contribution >= 4 is 0 Å². The van der Waals surface area contributed by atoms with Crippen LogP contribution in [0, 0.1) is 6.92 Å². The summed E-state index contributed by atoms with van der Waals surface area (Å²) in [5, 5.41) is 20.2. The molecule has 1 aromatic rings. The van der Waals surface area contributed by atoms with E-state index >= 15 is 0 Å². The van der Waals surface area contributed by atoms with Crippen LogP contribution < -0.4 is 5.43 Å². The molecule has 1 aromatic carbocycles. The molecule has 0 saturated carbocycles. The van der Waals surface area contributed by atoms with Crippen molar-refractivity contribution in [3.8, 4) is 0 Å². The van der Waals surface area contributed by atoms with Crippen LogP contribution in [0.4, 0.5) is 0 Å². The molecule has 98 valence electrons. The molecule has 2 rings (SSSR count). The predicted octanol–water partition coefficient (Wildman–Crippen LogP) is 2.12. The molecule has 0 fully saturated rings. The van der Waals surface area contributed by atoms with Gasteiger partial charge in [0.1, 0.15) is 0 Å². The maximum atomic E-state index is 12.1. The second-order valence-corrected chi connectivity index (χ2v) is 5.81. The van der Waals surface area contributed by atoms with Crippen molar-refractivity contribution in [2.75, 3.05) is 0 Å². The quantitative estimate of drug-likeness (QED) is 0.800. The Balaban J connectivity index is 2.82. The molecule has 3 heteroatoms. The molecule has 0 saturated heterocycles. The van der Waals surface area contributed by atoms with Gasteiger partial charge in [0.15, 0.2) is 5.43 Å². The Morgan fingerprint density at radius 3 is 2.50 bits per heavy atom. The van der Waals surface area contributed by atoms with E-state index in [2.05, 4.69) is 0 Å². The maximum Gasteiger partial charge on any atom is 0.182 e. The molecule has 1 aliphatic rings. The fraction of sp³-hybridized carbons (Fsp3) is 0.533. The smallest absolute Gasteiger partial charge is 0.182 e. The van der Waals surface area contributed by atoms with Gasteiger partial charge in [-0.2, -0.15) is 0 Å². The molecule has 0 bridgehead atoms. The van der Waals surface area contributed by atoms with Crippen molar-refractivity contribution in [2.45, 2.75) is 51.7 Å². The van der Waals surface area contributed by atoms with Crippen molar-refractivity contribution in [2.24, 2.45) is 0 Å². The van der Waals surface area contributed by atoms with E-state index in [-0.39, 0.29) is 11.3 Å². The van der Waals surface area contributed by atoms with E-state index in [9.17, 15) is 15.0 Å². The zero-order chi connectivity index (χ0) is 13.7. The van der Waals surface area contributed by atoms with E-state index in [1.54, 1.807) is 20.8 Å². The van der Waals surface area contributed by atoms with Crippen LogP contribution >= 0.6 is 0 Å². The van der Waals surface area contributed by atoms with Crippen LogP contribution in [0.3, 0.4) is 0 Å². The van der Waals surface area contributed by atoms with Crippen LogP contribution in [0.5, 0.6) is 0 Å². The van der Waals surface area contributed by atoms with E-state index in [4.69, 9.17) is 0 Å². The second kappa shape index (κ2) is 4.18. The summed E-state index contributed by atoms with van der Waals surface area (Å²) >= 11 is 0. The van der Waals surface area contributed by atoms with Gasteiger partial charge in [-0.25, -0.2) is 0 Å². The third-order valence-electron chi connectivity index (χ3n) is 3.83. The lowest BCUT2D eigenvalue weighted by Gasteiger charge is -2.17. The summed E-state index contributed by atoms with van der Waals surface area (Å²) in [4.78, 5) is 12.1. The summed E-state index contributed by atoms with van der Waals surface area (Å²) in [6.45, 7) is 7.11. The first-order valence-electron chi connectivity index (χ1n) is 6.31. The molecule has 2 N–H and O–H groups in total. The molecule has 3 nitrogen and oxygen atoms in total. The van der Waals surface area contributed by atoms with Crippen LogP contribution in [-0.2, 0) is 5.60 Å². The van der Waals surface area contributed by atoms with Gasteiger partial charge in [0.25, 0.3) is 0 Å². The predicted molar refractivity (Wildman–Crippen MR) is 70.7 cm³/mol. The second-order valence-electron chi connectivity index (χ2n) is 5.81. The molecule has 0 amide bonds. The summed E-state index contributed by atoms with van der Waals surface area (Å²) in [6, 6.07) is 3.34. The third-order valence-corrected chi connectivity index (χ3v) is 3.83. The lowest BCUT2D eigenvalue weighted by atomic mass is 9.96. The van der Waals surface area contributed by atoms with E-state index in [0.717, 1.165) is 11.1 Å². The number of hydrogen-bond acceptors (Lipinski definition) is 3. The minimum atomic E-state index is -1.05. The van der Waals surface area contributed by atoms with Crippen molar-refractivity contribution in [1.82, 2.24) is 0 Å². The number of aliphatic hydroxyl groups excluding tert-OH is 1. The third kappa shape index (κ3) is 2.08. The Hall–Kier alpha value is -1.19. The van der Waals surface area contributed by atoms with Crippen LogP contribution in [0.1, 0.15) is 61.5 Å². The Kier molecular flexibility index (Phi) is 3.07. The average Bonchev–Trinajstić information content (AvgIpc) is 2.40. The highest BCUT2D eigenvalue weighted by Gasteiger charge is 2.30. The molecule has 18 heavy (non-hydrogen) atoms. The molecule has 0 radical (unpaired) electrons. The molecule has 0 unspecified atom stereocenters. The van der Waals surface area contributed by atoms with Gasteiger partial charge in [-0.05, 0) is 55.9 Å². The first-order chi connectivity index (χ1) is 8.21. The van der Waals surface area contributed by atoms with E-state index < -0.39 is 11.7 Å². The van der Waals surface area contributed by atoms with Gasteiger partial charge >= 0.3 is 0 Å². The average molecular weight is 248 g/mol. The Morgan fingerprint density at radius 1 is 1.33 bits per heavy atom. The lowest BCUT2D eigenvalue weighted by Crippen LogP contribution is -2.17. The minimum Gasteiger partial charge on any atom is -0.388 e. The van der Waals surface area contributed by atoms with Gasteiger partial charge in [-0.3, -0.25) is 4.79 Å². The number of aliphatic hydroxyl groups is 2. The standard InChI is InChI=1S/C15H20O3/c1-8-5-13(17)14-9(2)12(16)7-10(6-11(8)14)15(3,4)18/h6-8,13,17-18H,5H2,1-4H3/t8-,13-/m0/s1. The minimum absolute atomic E-state index is 0.124. The van der Waals surface area contributed by atoms with Crippen LogP contribution in [0.2, 0.25) is 0 Å². The number of rotatable bonds is 1. The van der Waals surface area contributed by atoms with Crippen LogP contribution in [0.25, 0.3) is 0 Å². The van der Waals surface area contributed by atoms with Gasteiger partial charge in [0.2, 0.25) is 0 Å². The Bertz CT molecular complexity index is 541. The maximum absolute atomic E-state index is 12.1. The van der Waals surface area contributed by atoms with Crippen molar-refractivity contribution in [3.05, 3.63) is 44.6 Å². The van der Waals surface area contributed by atoms with Gasteiger partial charge in [0.05, 0.1) is 11.7 Å². The molecule has 0 aromatic heterocycles. The van der Waals surface area contributed by atoms with Gasteiger partial charge in [0, 0.05) is 5.56 Å². The fourth-order valence-electron chi connectivity index (χ4n) is 2.67. The summed E-state index contributed by atoms with van der Waals surface area (Å²) in [5.41, 5.74) is 1.77. The number of fused-ring (bicyclic) bond motifs is 1. The highest BCUT2D eigenvalue weighted by molar-refractivity contribution is 5.44. The zero-order valence-electron chi connectivity index (χ0n) is 11.3.